The fourth-order valence-corrected chi connectivity index (χ4v) is 1.84. The third-order valence-electron chi connectivity index (χ3n) is 2.76. The highest BCUT2D eigenvalue weighted by Gasteiger charge is 2.09. The molecule has 0 saturated heterocycles. The Hall–Kier alpha value is -2.49. The second-order valence-electron chi connectivity index (χ2n) is 4.16. The lowest BCUT2D eigenvalue weighted by Gasteiger charge is -2.10. The minimum atomic E-state index is -0.952. The van der Waals surface area contributed by atoms with Crippen LogP contribution in [0.2, 0.25) is 0 Å². The number of carbonyl (C=O) groups is 1. The number of carboxylic acids is 1. The quantitative estimate of drug-likeness (QED) is 0.876. The second-order valence-corrected chi connectivity index (χ2v) is 4.16. The average molecular weight is 272 g/mol. The zero-order valence-corrected chi connectivity index (χ0v) is 11.2. The molecule has 2 aromatic carbocycles. The lowest BCUT2D eigenvalue weighted by Crippen LogP contribution is -2.05. The number of aromatic carboxylic acids is 1. The molecule has 4 nitrogen and oxygen atoms in total. The predicted octanol–water partition coefficient (Wildman–Crippen LogP) is 3.36. The number of benzene rings is 2. The van der Waals surface area contributed by atoms with E-state index in [1.807, 2.05) is 25.1 Å². The van der Waals surface area contributed by atoms with Crippen molar-refractivity contribution in [1.29, 1.82) is 0 Å². The first-order chi connectivity index (χ1) is 9.70. The van der Waals surface area contributed by atoms with Gasteiger partial charge in [-0.1, -0.05) is 24.3 Å². The van der Waals surface area contributed by atoms with Gasteiger partial charge in [0, 0.05) is 11.6 Å². The summed E-state index contributed by atoms with van der Waals surface area (Å²) in [6.45, 7) is 2.71. The summed E-state index contributed by atoms with van der Waals surface area (Å²) in [6, 6.07) is 14.1. The number of hydrogen-bond acceptors (Lipinski definition) is 3. The molecule has 2 rings (SSSR count). The molecule has 20 heavy (non-hydrogen) atoms. The highest BCUT2D eigenvalue weighted by molar-refractivity contribution is 5.89. The van der Waals surface area contributed by atoms with Crippen LogP contribution in [0.3, 0.4) is 0 Å². The SMILES string of the molecule is CCOc1cccc(OCc2ccccc2C(=O)O)c1. The zero-order chi connectivity index (χ0) is 14.4. The van der Waals surface area contributed by atoms with Gasteiger partial charge in [-0.2, -0.15) is 0 Å². The minimum Gasteiger partial charge on any atom is -0.494 e. The van der Waals surface area contributed by atoms with E-state index in [-0.39, 0.29) is 12.2 Å². The van der Waals surface area contributed by atoms with Crippen LogP contribution in [0.25, 0.3) is 0 Å². The molecule has 0 aromatic heterocycles. The van der Waals surface area contributed by atoms with Crippen LogP contribution in [-0.2, 0) is 6.61 Å². The molecule has 0 radical (unpaired) electrons. The summed E-state index contributed by atoms with van der Waals surface area (Å²) in [5.74, 6) is 0.430. The molecule has 0 aliphatic heterocycles. The molecule has 0 atom stereocenters. The summed E-state index contributed by atoms with van der Waals surface area (Å²) in [7, 11) is 0. The number of ether oxygens (including phenoxy) is 2. The third kappa shape index (κ3) is 3.51. The van der Waals surface area contributed by atoms with Gasteiger partial charge in [0.15, 0.2) is 0 Å². The Morgan fingerprint density at radius 1 is 1.05 bits per heavy atom. The minimum absolute atomic E-state index is 0.206. The van der Waals surface area contributed by atoms with E-state index < -0.39 is 5.97 Å². The molecule has 0 fully saturated rings. The zero-order valence-electron chi connectivity index (χ0n) is 11.2. The Kier molecular flexibility index (Phi) is 4.60. The van der Waals surface area contributed by atoms with E-state index in [1.165, 1.54) is 0 Å². The molecule has 0 unspecified atom stereocenters. The first-order valence-corrected chi connectivity index (χ1v) is 6.37. The maximum Gasteiger partial charge on any atom is 0.336 e. The molecule has 0 aliphatic rings. The van der Waals surface area contributed by atoms with Crippen LogP contribution in [0.1, 0.15) is 22.8 Å². The molecule has 0 heterocycles. The van der Waals surface area contributed by atoms with Crippen molar-refractivity contribution >= 4 is 5.97 Å². The summed E-state index contributed by atoms with van der Waals surface area (Å²) >= 11 is 0. The van der Waals surface area contributed by atoms with E-state index in [9.17, 15) is 4.79 Å². The monoisotopic (exact) mass is 272 g/mol. The molecule has 0 amide bonds. The smallest absolute Gasteiger partial charge is 0.336 e. The highest BCUT2D eigenvalue weighted by Crippen LogP contribution is 2.21. The van der Waals surface area contributed by atoms with Crippen LogP contribution in [0.5, 0.6) is 11.5 Å². The van der Waals surface area contributed by atoms with Gasteiger partial charge in [-0.15, -0.1) is 0 Å². The normalized spacial score (nSPS) is 10.1. The van der Waals surface area contributed by atoms with Crippen LogP contribution in [-0.4, -0.2) is 17.7 Å². The molecule has 0 bridgehead atoms. The van der Waals surface area contributed by atoms with Gasteiger partial charge in [-0.05, 0) is 25.1 Å². The van der Waals surface area contributed by atoms with E-state index in [4.69, 9.17) is 14.6 Å². The Morgan fingerprint density at radius 3 is 2.45 bits per heavy atom. The van der Waals surface area contributed by atoms with Gasteiger partial charge in [0.05, 0.1) is 12.2 Å². The lowest BCUT2D eigenvalue weighted by atomic mass is 10.1. The van der Waals surface area contributed by atoms with Crippen molar-refractivity contribution in [3.63, 3.8) is 0 Å². The van der Waals surface area contributed by atoms with Gasteiger partial charge < -0.3 is 14.6 Å². The number of carboxylic acid groups (broad SMARTS) is 1. The second kappa shape index (κ2) is 6.61. The first kappa shape index (κ1) is 13.9. The van der Waals surface area contributed by atoms with Gasteiger partial charge in [0.25, 0.3) is 0 Å². The summed E-state index contributed by atoms with van der Waals surface area (Å²) in [5, 5.41) is 9.10. The van der Waals surface area contributed by atoms with Crippen molar-refractivity contribution in [3.05, 3.63) is 59.7 Å². The summed E-state index contributed by atoms with van der Waals surface area (Å²) < 4.78 is 11.0. The Balaban J connectivity index is 2.09. The maximum absolute atomic E-state index is 11.1. The van der Waals surface area contributed by atoms with Crippen LogP contribution in [0.4, 0.5) is 0 Å². The molecule has 0 spiro atoms. The van der Waals surface area contributed by atoms with Gasteiger partial charge in [0.2, 0.25) is 0 Å². The average Bonchev–Trinajstić information content (AvgIpc) is 2.46. The van der Waals surface area contributed by atoms with Crippen molar-refractivity contribution in [1.82, 2.24) is 0 Å². The summed E-state index contributed by atoms with van der Waals surface area (Å²) in [4.78, 5) is 11.1. The van der Waals surface area contributed by atoms with Crippen LogP contribution in [0.15, 0.2) is 48.5 Å². The van der Waals surface area contributed by atoms with Gasteiger partial charge in [0.1, 0.15) is 18.1 Å². The standard InChI is InChI=1S/C16H16O4/c1-2-19-13-7-5-8-14(10-13)20-11-12-6-3-4-9-15(12)16(17)18/h3-10H,2,11H2,1H3,(H,17,18). The Labute approximate surface area is 117 Å². The van der Waals surface area contributed by atoms with Crippen molar-refractivity contribution in [2.45, 2.75) is 13.5 Å². The van der Waals surface area contributed by atoms with E-state index >= 15 is 0 Å². The first-order valence-electron chi connectivity index (χ1n) is 6.37. The molecule has 2 aromatic rings. The molecular formula is C16H16O4. The topological polar surface area (TPSA) is 55.8 Å². The van der Waals surface area contributed by atoms with Crippen molar-refractivity contribution in [2.75, 3.05) is 6.61 Å². The fourth-order valence-electron chi connectivity index (χ4n) is 1.84. The summed E-state index contributed by atoms with van der Waals surface area (Å²) in [6.07, 6.45) is 0. The van der Waals surface area contributed by atoms with Crippen LogP contribution < -0.4 is 9.47 Å². The van der Waals surface area contributed by atoms with Crippen LogP contribution >= 0.6 is 0 Å². The summed E-state index contributed by atoms with van der Waals surface area (Å²) in [5.41, 5.74) is 0.898. The molecule has 104 valence electrons. The molecule has 1 N–H and O–H groups in total. The molecule has 0 aliphatic carbocycles. The fraction of sp³-hybridized carbons (Fsp3) is 0.188. The van der Waals surface area contributed by atoms with E-state index in [0.29, 0.717) is 17.9 Å². The van der Waals surface area contributed by atoms with Gasteiger partial charge in [-0.25, -0.2) is 4.79 Å². The maximum atomic E-state index is 11.1. The highest BCUT2D eigenvalue weighted by atomic mass is 16.5. The van der Waals surface area contributed by atoms with Crippen molar-refractivity contribution in [3.8, 4) is 11.5 Å². The molecule has 0 saturated carbocycles. The predicted molar refractivity (Wildman–Crippen MR) is 75.3 cm³/mol. The number of rotatable bonds is 6. The van der Waals surface area contributed by atoms with Crippen molar-refractivity contribution in [2.24, 2.45) is 0 Å². The van der Waals surface area contributed by atoms with Crippen LogP contribution in [0, 0.1) is 0 Å². The van der Waals surface area contributed by atoms with Crippen molar-refractivity contribution < 1.29 is 19.4 Å². The molecular weight excluding hydrogens is 256 g/mol. The van der Waals surface area contributed by atoms with Gasteiger partial charge in [-0.3, -0.25) is 0 Å². The largest absolute Gasteiger partial charge is 0.494 e. The van der Waals surface area contributed by atoms with E-state index in [0.717, 1.165) is 5.75 Å². The van der Waals surface area contributed by atoms with E-state index in [1.54, 1.807) is 30.3 Å². The Bertz CT molecular complexity index is 593. The third-order valence-corrected chi connectivity index (χ3v) is 2.76. The molecule has 4 heteroatoms. The lowest BCUT2D eigenvalue weighted by molar-refractivity contribution is 0.0694. The Morgan fingerprint density at radius 2 is 1.75 bits per heavy atom. The van der Waals surface area contributed by atoms with Gasteiger partial charge >= 0.3 is 5.97 Å². The van der Waals surface area contributed by atoms with E-state index in [2.05, 4.69) is 0 Å². The number of hydrogen-bond donors (Lipinski definition) is 1.